The molecule has 4 atom stereocenters. The molecule has 0 saturated heterocycles. The molecule has 0 aliphatic rings. The van der Waals surface area contributed by atoms with E-state index in [4.69, 9.17) is 28.8 Å². The van der Waals surface area contributed by atoms with E-state index < -0.39 is 24.0 Å². The summed E-state index contributed by atoms with van der Waals surface area (Å²) in [6, 6.07) is 4.70. The van der Waals surface area contributed by atoms with Gasteiger partial charge in [-0.1, -0.05) is 85.1 Å². The number of thiol groups is 1. The molecule has 467 valence electrons. The van der Waals surface area contributed by atoms with E-state index in [-0.39, 0.29) is 159 Å². The minimum Gasteiger partial charge on any atom is -0.540 e. The largest absolute Gasteiger partial charge is 0.540 e. The van der Waals surface area contributed by atoms with Gasteiger partial charge in [-0.05, 0) is 96.7 Å². The molecule has 25 heteroatoms. The summed E-state index contributed by atoms with van der Waals surface area (Å²) in [7, 11) is 5.25. The van der Waals surface area contributed by atoms with E-state index in [0.717, 1.165) is 63.1 Å². The van der Waals surface area contributed by atoms with E-state index >= 15 is 0 Å². The number of hydrogen-bond donors (Lipinski definition) is 9. The molecular weight excluding hydrogens is 1150 g/mol. The molecule has 0 aromatic heterocycles. The summed E-state index contributed by atoms with van der Waals surface area (Å²) in [6.07, 6.45) is 12.1. The van der Waals surface area contributed by atoms with Crippen LogP contribution in [0, 0.1) is 11.8 Å². The number of carbonyl (C=O) groups is 8. The average molecular weight is 1250 g/mol. The van der Waals surface area contributed by atoms with Crippen molar-refractivity contribution in [2.24, 2.45) is 11.8 Å². The quantitative estimate of drug-likeness (QED) is 0.0178. The summed E-state index contributed by atoms with van der Waals surface area (Å²) in [5, 5.41) is 31.7. The molecule has 4 amide bonds. The molecule has 1 aromatic carbocycles. The Morgan fingerprint density at radius 2 is 1.12 bits per heavy atom. The summed E-state index contributed by atoms with van der Waals surface area (Å²) in [5.41, 5.74) is 0.213. The second kappa shape index (κ2) is 63.6. The first kappa shape index (κ1) is 85.8. The standard InChI is InChI=1S/C40H64N5O14S.C7H16.C4H8O2.C3H6O.C2H7N.Y/c46-28-32(45-60)10-7-8-18-41-37(49)29-57-26-25-56-23-20-43-38(50)30-58-27-24-55-22-19-42-35(47)17-16-34(40(53)54)44-36(48)11-6-4-2-1-3-5-9-21-59-33-14-12-31(13-15-33)39(51)52;1-5-7(4)6(2)3;1-4(3-5)6-2;1-3(2)4;1-3-2;/h12-15,32,34,45,60H,1-11,16-27,29-30H2,(H,41,49)(H,42,47)(H,43,50)(H,44,48)(H,51,52)(H,53,54);6-7H,5H2,1-4H3;3-4H,1-2H3;1-2H3;3H,1-2H3;/q-1;;;;;/t32-,34?;;4-;;;/m0.0.../s1. The van der Waals surface area contributed by atoms with Crippen LogP contribution in [0.25, 0.3) is 0 Å². The molecule has 0 aliphatic heterocycles. The number of amides is 4. The summed E-state index contributed by atoms with van der Waals surface area (Å²) in [4.78, 5) is 100. The van der Waals surface area contributed by atoms with Crippen LogP contribution in [0.2, 0.25) is 0 Å². The van der Waals surface area contributed by atoms with Gasteiger partial charge in [0.15, 0.2) is 0 Å². The number of aldehydes is 1. The smallest absolute Gasteiger partial charge is 0.335 e. The minimum atomic E-state index is -1.21. The summed E-state index contributed by atoms with van der Waals surface area (Å²) in [6.45, 7) is 16.3. The van der Waals surface area contributed by atoms with Gasteiger partial charge in [-0.15, -0.1) is 12.8 Å². The number of hydrogen-bond acceptors (Lipinski definition) is 18. The maximum atomic E-state index is 12.3. The summed E-state index contributed by atoms with van der Waals surface area (Å²) < 4.78 is 34.0. The third-order valence-corrected chi connectivity index (χ3v) is 11.3. The van der Waals surface area contributed by atoms with Crippen molar-refractivity contribution < 1.29 is 114 Å². The fraction of sp³-hybridized carbons (Fsp3) is 0.732. The Hall–Kier alpha value is -3.98. The van der Waals surface area contributed by atoms with Gasteiger partial charge < -0.3 is 79.6 Å². The predicted octanol–water partition coefficient (Wildman–Crippen LogP) is 5.07. The van der Waals surface area contributed by atoms with Crippen LogP contribution < -0.4 is 36.0 Å². The molecule has 23 nitrogen and oxygen atoms in total. The van der Waals surface area contributed by atoms with Gasteiger partial charge in [-0.25, -0.2) is 15.9 Å². The zero-order valence-corrected chi connectivity index (χ0v) is 53.9. The maximum absolute atomic E-state index is 12.3. The number of ketones is 1. The van der Waals surface area contributed by atoms with Crippen molar-refractivity contribution in [1.82, 2.24) is 31.3 Å². The molecule has 0 bridgehead atoms. The number of rotatable bonds is 44. The van der Waals surface area contributed by atoms with Crippen molar-refractivity contribution in [3.05, 3.63) is 29.8 Å². The van der Waals surface area contributed by atoms with Gasteiger partial charge in [0.25, 0.3) is 0 Å². The molecule has 2 unspecified atom stereocenters. The minimum absolute atomic E-state index is 0. The van der Waals surface area contributed by atoms with Crippen LogP contribution in [0.5, 0.6) is 5.75 Å². The third-order valence-electron chi connectivity index (χ3n) is 10.9. The number of nitrogens with one attached hydrogen (secondary N) is 6. The average Bonchev–Trinajstić information content (AvgIpc) is 3.42. The SMILES string of the molecule is CC(C)=O.CCC(C)C(C)C.CNC.CO[C@@H](C)C=O.O=[C-][C@H](CCCCNC(=O)COCCOCCNC(=O)COCCOCCNC(=O)CCC(NC(=O)CCCCCCCCCOc1ccc(C(=O)O)cc1)C(=O)O)NS.[Y]. The second-order valence-corrected chi connectivity index (χ2v) is 18.9. The molecule has 81 heavy (non-hydrogen) atoms. The Morgan fingerprint density at radius 3 is 1.54 bits per heavy atom. The monoisotopic (exact) mass is 1250 g/mol. The van der Waals surface area contributed by atoms with Crippen LogP contribution >= 0.6 is 12.8 Å². The third kappa shape index (κ3) is 65.1. The van der Waals surface area contributed by atoms with Crippen LogP contribution in [0.15, 0.2) is 24.3 Å². The Kier molecular flexibility index (Phi) is 67.4. The Morgan fingerprint density at radius 1 is 0.642 bits per heavy atom. The second-order valence-electron chi connectivity index (χ2n) is 18.7. The predicted molar refractivity (Wildman–Crippen MR) is 311 cm³/mol. The summed E-state index contributed by atoms with van der Waals surface area (Å²) in [5.74, 6) is -0.931. The summed E-state index contributed by atoms with van der Waals surface area (Å²) >= 11 is 3.83. The van der Waals surface area contributed by atoms with Crippen LogP contribution in [0.1, 0.15) is 149 Å². The number of methoxy groups -OCH3 is 1. The zero-order chi connectivity index (χ0) is 61.2. The van der Waals surface area contributed by atoms with Gasteiger partial charge in [0.2, 0.25) is 23.6 Å². The van der Waals surface area contributed by atoms with Gasteiger partial charge in [-0.2, -0.15) is 0 Å². The number of Topliss-reactive ketones (excluding diaryl/α,β-unsaturated/α-hetero) is 1. The number of aliphatic carboxylic acids is 1. The topological polar surface area (TPSA) is 322 Å². The molecule has 1 rings (SSSR count). The van der Waals surface area contributed by atoms with Crippen LogP contribution in [-0.2, 0) is 94.7 Å². The first-order chi connectivity index (χ1) is 38.2. The number of ether oxygens (including phenoxy) is 6. The van der Waals surface area contributed by atoms with E-state index in [1.54, 1.807) is 19.1 Å². The molecule has 0 heterocycles. The van der Waals surface area contributed by atoms with Gasteiger partial charge in [0, 0.05) is 72.3 Å². The van der Waals surface area contributed by atoms with E-state index in [1.165, 1.54) is 39.5 Å². The molecule has 0 spiro atoms. The van der Waals surface area contributed by atoms with Crippen molar-refractivity contribution in [2.75, 3.05) is 100 Å². The first-order valence-electron chi connectivity index (χ1n) is 27.6. The van der Waals surface area contributed by atoms with Gasteiger partial charge in [0.05, 0.1) is 51.8 Å². The Bertz CT molecular complexity index is 1740. The zero-order valence-electron chi connectivity index (χ0n) is 50.2. The van der Waals surface area contributed by atoms with Gasteiger partial charge in [-0.3, -0.25) is 23.9 Å². The van der Waals surface area contributed by atoms with Crippen LogP contribution in [0.3, 0.4) is 0 Å². The first-order valence-corrected chi connectivity index (χ1v) is 28.0. The number of carboxylic acid groups (broad SMARTS) is 2. The fourth-order valence-electron chi connectivity index (χ4n) is 5.82. The number of aromatic carboxylic acids is 1. The molecule has 0 saturated carbocycles. The normalized spacial score (nSPS) is 11.7. The molecule has 0 fully saturated rings. The van der Waals surface area contributed by atoms with Gasteiger partial charge in [0.1, 0.15) is 43.2 Å². The Labute approximate surface area is 513 Å². The van der Waals surface area contributed by atoms with Crippen molar-refractivity contribution in [1.29, 1.82) is 0 Å². The number of benzene rings is 1. The fourth-order valence-corrected chi connectivity index (χ4v) is 6.00. The van der Waals surface area contributed by atoms with E-state index in [2.05, 4.69) is 76.6 Å². The molecule has 1 aromatic rings. The van der Waals surface area contributed by atoms with E-state index in [1.807, 2.05) is 20.4 Å². The molecule has 0 aliphatic carbocycles. The molecule has 1 radical (unpaired) electrons. The number of unbranched alkanes of at least 4 members (excludes halogenated alkanes) is 7. The Balaban J connectivity index is -0.000000778. The van der Waals surface area contributed by atoms with Crippen molar-refractivity contribution in [3.8, 4) is 5.75 Å². The van der Waals surface area contributed by atoms with Crippen molar-refractivity contribution in [3.63, 3.8) is 0 Å². The van der Waals surface area contributed by atoms with Crippen molar-refractivity contribution >= 4 is 66.7 Å². The maximum Gasteiger partial charge on any atom is 0.335 e. The molecule has 8 N–H and O–H groups in total. The van der Waals surface area contributed by atoms with E-state index in [0.29, 0.717) is 38.2 Å². The van der Waals surface area contributed by atoms with Crippen LogP contribution in [-0.4, -0.2) is 183 Å². The van der Waals surface area contributed by atoms with Gasteiger partial charge >= 0.3 is 11.9 Å². The number of carbonyl (C=O) groups excluding carboxylic acids is 7. The van der Waals surface area contributed by atoms with E-state index in [9.17, 15) is 48.3 Å². The van der Waals surface area contributed by atoms with Crippen LogP contribution in [0.4, 0.5) is 0 Å². The van der Waals surface area contributed by atoms with Crippen molar-refractivity contribution in [2.45, 2.75) is 157 Å². The molecular formula is C56H101N6O17SY-. The number of carboxylic acids is 2.